The van der Waals surface area contributed by atoms with E-state index in [1.54, 1.807) is 6.92 Å². The third-order valence-corrected chi connectivity index (χ3v) is 24.7. The van der Waals surface area contributed by atoms with Crippen LogP contribution in [0.1, 0.15) is 94.9 Å². The van der Waals surface area contributed by atoms with Crippen LogP contribution >= 0.6 is 15.9 Å². The molecular formula is C40H51BrF6N2O6Sn. The van der Waals surface area contributed by atoms with Gasteiger partial charge in [0.25, 0.3) is 0 Å². The number of carbonyl (C=O) groups excluding carboxylic acids is 1. The molecule has 2 aromatic carbocycles. The fraction of sp³-hybridized carbons (Fsp3) is 0.475. The zero-order valence-electron chi connectivity index (χ0n) is 32.8. The largest absolute Gasteiger partial charge is 0.573 e. The Morgan fingerprint density at radius 1 is 0.750 bits per heavy atom. The molecule has 8 nitrogen and oxygen atoms in total. The Hall–Kier alpha value is -3.47. The molecule has 0 saturated carbocycles. The van der Waals surface area contributed by atoms with E-state index in [0.29, 0.717) is 22.1 Å². The first kappa shape index (κ1) is 48.7. The molecule has 0 bridgehead atoms. The summed E-state index contributed by atoms with van der Waals surface area (Å²) in [5.41, 5.74) is 1.32. The van der Waals surface area contributed by atoms with Crippen LogP contribution in [0.4, 0.5) is 26.3 Å². The number of aromatic nitrogens is 2. The van der Waals surface area contributed by atoms with Crippen molar-refractivity contribution in [3.63, 3.8) is 0 Å². The number of nitrogens with zero attached hydrogens (tertiary/aromatic N) is 2. The summed E-state index contributed by atoms with van der Waals surface area (Å²) in [5, 5.41) is 20.0. The molecule has 0 fully saturated rings. The van der Waals surface area contributed by atoms with Crippen molar-refractivity contribution >= 4 is 61.9 Å². The van der Waals surface area contributed by atoms with Gasteiger partial charge in [0.15, 0.2) is 11.5 Å². The number of benzene rings is 2. The van der Waals surface area contributed by atoms with Crippen LogP contribution in [-0.4, -0.2) is 63.7 Å². The first-order valence-corrected chi connectivity index (χ1v) is 26.7. The van der Waals surface area contributed by atoms with Crippen LogP contribution < -0.4 is 9.47 Å². The molecule has 2 aromatic heterocycles. The third-order valence-electron chi connectivity index (χ3n) is 8.90. The van der Waals surface area contributed by atoms with Gasteiger partial charge in [0.2, 0.25) is 0 Å². The predicted molar refractivity (Wildman–Crippen MR) is 213 cm³/mol. The smallest absolute Gasteiger partial charge is 0.505 e. The van der Waals surface area contributed by atoms with E-state index < -0.39 is 42.6 Å². The van der Waals surface area contributed by atoms with E-state index in [4.69, 9.17) is 4.74 Å². The van der Waals surface area contributed by atoms with E-state index in [2.05, 4.69) is 69.6 Å². The third kappa shape index (κ3) is 14.5. The number of fused-ring (bicyclic) bond motifs is 2. The van der Waals surface area contributed by atoms with Crippen molar-refractivity contribution in [2.24, 2.45) is 0 Å². The van der Waals surface area contributed by atoms with Gasteiger partial charge in [-0.2, -0.15) is 0 Å². The normalized spacial score (nSPS) is 11.7. The number of Topliss-reactive ketones (excluding diaryl/α,β-unsaturated/α-hetero) is 1. The summed E-state index contributed by atoms with van der Waals surface area (Å²) >= 11 is 0.876. The zero-order chi connectivity index (χ0) is 42.4. The Morgan fingerprint density at radius 2 is 1.16 bits per heavy atom. The standard InChI is InChI=1S/C13H10F3NO3.C11H7BrF3NO2.C4H7O.3C4H9.Sn/c1-6-12(19)11(7(2)18)9-5-8(20-13(14,15)16)3-4-10(9)17-6;1-5-10(17)9(12)7-4-6(18-11(13,14)15)2-3-8(7)16-5;1-3-5-4-2;3*1-3-4-2;/h3-5,19H,1-2H3;2-4,17H,1H3;1,4H2,2H3;3*1,3-4H2,2H3;. The van der Waals surface area contributed by atoms with E-state index in [-0.39, 0.29) is 38.4 Å². The maximum atomic E-state index is 12.2. The number of hydrogen-bond acceptors (Lipinski definition) is 8. The van der Waals surface area contributed by atoms with E-state index in [9.17, 15) is 41.4 Å². The van der Waals surface area contributed by atoms with Crippen molar-refractivity contribution in [3.8, 4) is 23.0 Å². The molecular weight excluding hydrogens is 917 g/mol. The zero-order valence-corrected chi connectivity index (χ0v) is 37.2. The maximum absolute atomic E-state index is 12.2. The first-order chi connectivity index (χ1) is 26.1. The molecule has 0 unspecified atom stereocenters. The molecule has 2 N–H and O–H groups in total. The molecule has 0 atom stereocenters. The number of hydrogen-bond donors (Lipinski definition) is 2. The minimum absolute atomic E-state index is 0.0693. The number of ketones is 1. The number of aryl methyl sites for hydroxylation is 2. The molecule has 0 aliphatic heterocycles. The van der Waals surface area contributed by atoms with E-state index in [0.717, 1.165) is 18.7 Å². The van der Waals surface area contributed by atoms with Crippen LogP contribution in [0.15, 0.2) is 51.2 Å². The number of unbranched alkanes of at least 4 members (excludes halogenated alkanes) is 3. The summed E-state index contributed by atoms with van der Waals surface area (Å²) < 4.78 is 92.3. The van der Waals surface area contributed by atoms with Crippen LogP contribution in [0.2, 0.25) is 13.3 Å². The average Bonchev–Trinajstić information content (AvgIpc) is 3.11. The number of halogens is 7. The van der Waals surface area contributed by atoms with Gasteiger partial charge in [-0.1, -0.05) is 0 Å². The minimum atomic E-state index is -4.83. The molecule has 2 heterocycles. The van der Waals surface area contributed by atoms with Crippen LogP contribution in [-0.2, 0) is 4.74 Å². The maximum Gasteiger partial charge on any atom is 0.573 e. The monoisotopic (exact) mass is 968 g/mol. The van der Waals surface area contributed by atoms with Crippen LogP contribution in [0.25, 0.3) is 21.8 Å². The fourth-order valence-corrected chi connectivity index (χ4v) is 21.3. The van der Waals surface area contributed by atoms with Crippen molar-refractivity contribution in [1.82, 2.24) is 9.97 Å². The molecule has 0 aliphatic carbocycles. The van der Waals surface area contributed by atoms with Crippen molar-refractivity contribution in [1.29, 1.82) is 0 Å². The summed E-state index contributed by atoms with van der Waals surface area (Å²) in [7, 11) is 0. The van der Waals surface area contributed by atoms with E-state index >= 15 is 0 Å². The second kappa shape index (κ2) is 21.9. The van der Waals surface area contributed by atoms with E-state index in [1.165, 1.54) is 93.7 Å². The van der Waals surface area contributed by atoms with Gasteiger partial charge in [0.1, 0.15) is 17.2 Å². The minimum Gasteiger partial charge on any atom is -0.505 e. The molecule has 16 heteroatoms. The SMILES string of the molecule is C=[C](OCC)[Sn]([CH2]CCC)([CH2]CCC)[CH2]CCC.CC(=O)c1c(O)c(C)nc2ccc(OC(F)(F)F)cc12.Cc1nc2ccc(OC(F)(F)F)cc2c(Br)c1O. The summed E-state index contributed by atoms with van der Waals surface area (Å²) in [6.07, 6.45) is -1.48. The number of ether oxygens (including phenoxy) is 3. The van der Waals surface area contributed by atoms with Gasteiger partial charge in [-0.3, -0.25) is 4.79 Å². The molecule has 0 saturated heterocycles. The molecule has 56 heavy (non-hydrogen) atoms. The van der Waals surface area contributed by atoms with Crippen LogP contribution in [0.5, 0.6) is 23.0 Å². The predicted octanol–water partition coefficient (Wildman–Crippen LogP) is 13.2. The summed E-state index contributed by atoms with van der Waals surface area (Å²) in [6.45, 7) is 18.5. The summed E-state index contributed by atoms with van der Waals surface area (Å²) in [4.78, 5) is 19.7. The number of aromatic hydroxyl groups is 2. The van der Waals surface area contributed by atoms with Gasteiger partial charge in [-0.25, -0.2) is 9.97 Å². The van der Waals surface area contributed by atoms with Crippen molar-refractivity contribution in [3.05, 3.63) is 68.2 Å². The number of rotatable bonds is 15. The molecule has 4 rings (SSSR count). The second-order valence-electron chi connectivity index (χ2n) is 13.2. The number of pyridine rings is 2. The Bertz CT molecular complexity index is 1920. The second-order valence-corrected chi connectivity index (χ2v) is 27.2. The Morgan fingerprint density at radius 3 is 1.55 bits per heavy atom. The molecule has 0 aliphatic rings. The quantitative estimate of drug-likeness (QED) is 0.0524. The molecule has 4 aromatic rings. The summed E-state index contributed by atoms with van der Waals surface area (Å²) in [6, 6.07) is 7.17. The fourth-order valence-electron chi connectivity index (χ4n) is 6.08. The topological polar surface area (TPSA) is 111 Å². The van der Waals surface area contributed by atoms with Gasteiger partial charge < -0.3 is 19.7 Å². The van der Waals surface area contributed by atoms with Gasteiger partial charge in [0, 0.05) is 10.8 Å². The van der Waals surface area contributed by atoms with Gasteiger partial charge in [0.05, 0.1) is 32.5 Å². The Kier molecular flexibility index (Phi) is 19.0. The van der Waals surface area contributed by atoms with Crippen LogP contribution in [0.3, 0.4) is 0 Å². The van der Waals surface area contributed by atoms with Crippen molar-refractivity contribution in [2.75, 3.05) is 6.61 Å². The molecule has 0 radical (unpaired) electrons. The number of carbonyl (C=O) groups is 1. The summed E-state index contributed by atoms with van der Waals surface area (Å²) in [5.74, 6) is -1.75. The molecule has 0 spiro atoms. The van der Waals surface area contributed by atoms with Crippen molar-refractivity contribution in [2.45, 2.75) is 113 Å². The molecule has 310 valence electrons. The van der Waals surface area contributed by atoms with Gasteiger partial charge >= 0.3 is 132 Å². The Labute approximate surface area is 336 Å². The average molecular weight is 968 g/mol. The Balaban J connectivity index is 0.000000291. The van der Waals surface area contributed by atoms with Crippen LogP contribution in [0, 0.1) is 13.8 Å². The first-order valence-electron chi connectivity index (χ1n) is 18.4. The van der Waals surface area contributed by atoms with Gasteiger partial charge in [-0.15, -0.1) is 26.3 Å². The van der Waals surface area contributed by atoms with Gasteiger partial charge in [-0.05, 0) is 73.1 Å². The molecule has 0 amide bonds. The van der Waals surface area contributed by atoms with Crippen molar-refractivity contribution < 1.29 is 55.6 Å². The number of alkyl halides is 6. The van der Waals surface area contributed by atoms with E-state index in [1.807, 2.05) is 0 Å².